The Bertz CT molecular complexity index is 1090. The Morgan fingerprint density at radius 3 is 2.81 bits per heavy atom. The molecule has 1 aliphatic heterocycles. The van der Waals surface area contributed by atoms with E-state index in [-0.39, 0.29) is 5.91 Å². The molecule has 0 saturated carbocycles. The minimum absolute atomic E-state index is 0.205. The van der Waals surface area contributed by atoms with Crippen molar-refractivity contribution in [3.63, 3.8) is 0 Å². The number of fused-ring (bicyclic) bond motifs is 2. The van der Waals surface area contributed by atoms with E-state index in [0.29, 0.717) is 29.0 Å². The fraction of sp³-hybridized carbons (Fsp3) is 0.143. The number of amides is 1. The van der Waals surface area contributed by atoms with Crippen molar-refractivity contribution in [3.8, 4) is 5.75 Å². The molecule has 0 saturated heterocycles. The van der Waals surface area contributed by atoms with E-state index in [2.05, 4.69) is 10.3 Å². The number of nitrogens with one attached hydrogen (secondary N) is 2. The summed E-state index contributed by atoms with van der Waals surface area (Å²) in [6, 6.07) is 10.8. The summed E-state index contributed by atoms with van der Waals surface area (Å²) in [6.45, 7) is 2.06. The molecule has 2 aromatic carbocycles. The third kappa shape index (κ3) is 2.95. The molecule has 0 bridgehead atoms. The summed E-state index contributed by atoms with van der Waals surface area (Å²) >= 11 is 0. The van der Waals surface area contributed by atoms with Crippen LogP contribution in [-0.4, -0.2) is 30.6 Å². The van der Waals surface area contributed by atoms with Gasteiger partial charge >= 0.3 is 5.97 Å². The Hall–Kier alpha value is -3.54. The van der Waals surface area contributed by atoms with Crippen LogP contribution in [0.25, 0.3) is 22.6 Å². The maximum Gasteiger partial charge on any atom is 0.338 e. The third-order valence-electron chi connectivity index (χ3n) is 4.53. The van der Waals surface area contributed by atoms with Crippen molar-refractivity contribution in [1.82, 2.24) is 4.98 Å². The molecule has 136 valence electrons. The zero-order valence-corrected chi connectivity index (χ0v) is 15.0. The molecule has 1 amide bonds. The lowest BCUT2D eigenvalue weighted by Crippen LogP contribution is -2.04. The predicted molar refractivity (Wildman–Crippen MR) is 104 cm³/mol. The molecule has 0 radical (unpaired) electrons. The molecule has 1 aromatic heterocycles. The number of esters is 1. The molecule has 2 heterocycles. The summed E-state index contributed by atoms with van der Waals surface area (Å²) in [5.74, 6) is 0.127. The van der Waals surface area contributed by atoms with Crippen LogP contribution in [0.1, 0.15) is 28.4 Å². The first-order valence-electron chi connectivity index (χ1n) is 8.60. The van der Waals surface area contributed by atoms with Crippen molar-refractivity contribution < 1.29 is 19.1 Å². The zero-order valence-electron chi connectivity index (χ0n) is 15.0. The van der Waals surface area contributed by atoms with E-state index in [4.69, 9.17) is 9.47 Å². The average Bonchev–Trinajstić information content (AvgIpc) is 3.22. The summed E-state index contributed by atoms with van der Waals surface area (Å²) in [4.78, 5) is 27.7. The monoisotopic (exact) mass is 362 g/mol. The molecule has 6 nitrogen and oxygen atoms in total. The highest BCUT2D eigenvalue weighted by atomic mass is 16.5. The summed E-state index contributed by atoms with van der Waals surface area (Å²) in [6.07, 6.45) is 3.66. The van der Waals surface area contributed by atoms with Gasteiger partial charge in [0.2, 0.25) is 0 Å². The summed E-state index contributed by atoms with van der Waals surface area (Å²) in [7, 11) is 1.61. The minimum atomic E-state index is -0.407. The number of benzene rings is 2. The van der Waals surface area contributed by atoms with Gasteiger partial charge in [0.05, 0.1) is 19.3 Å². The maximum atomic E-state index is 12.5. The summed E-state index contributed by atoms with van der Waals surface area (Å²) < 4.78 is 10.4. The number of rotatable bonds is 4. The lowest BCUT2D eigenvalue weighted by molar-refractivity contribution is -0.110. The largest absolute Gasteiger partial charge is 0.497 e. The van der Waals surface area contributed by atoms with Crippen LogP contribution in [-0.2, 0) is 9.53 Å². The van der Waals surface area contributed by atoms with Crippen LogP contribution in [0, 0.1) is 0 Å². The number of H-pyrrole nitrogens is 1. The molecule has 4 rings (SSSR count). The topological polar surface area (TPSA) is 80.4 Å². The van der Waals surface area contributed by atoms with Gasteiger partial charge in [-0.2, -0.15) is 0 Å². The Balaban J connectivity index is 1.80. The van der Waals surface area contributed by atoms with Crippen molar-refractivity contribution in [2.45, 2.75) is 6.92 Å². The van der Waals surface area contributed by atoms with Gasteiger partial charge in [-0.1, -0.05) is 0 Å². The highest BCUT2D eigenvalue weighted by Gasteiger charge is 2.26. The quantitative estimate of drug-likeness (QED) is 0.546. The summed E-state index contributed by atoms with van der Waals surface area (Å²) in [5, 5.41) is 3.78. The van der Waals surface area contributed by atoms with E-state index in [0.717, 1.165) is 22.2 Å². The number of hydrogen-bond acceptors (Lipinski definition) is 4. The lowest BCUT2D eigenvalue weighted by Gasteiger charge is -2.04. The van der Waals surface area contributed by atoms with Crippen LogP contribution < -0.4 is 10.1 Å². The van der Waals surface area contributed by atoms with Gasteiger partial charge in [0.15, 0.2) is 0 Å². The Morgan fingerprint density at radius 1 is 1.19 bits per heavy atom. The molecule has 1 aliphatic rings. The molecule has 3 aromatic rings. The van der Waals surface area contributed by atoms with E-state index in [1.165, 1.54) is 0 Å². The smallest absolute Gasteiger partial charge is 0.338 e. The molecule has 6 heteroatoms. The van der Waals surface area contributed by atoms with Crippen molar-refractivity contribution in [2.75, 3.05) is 19.0 Å². The van der Waals surface area contributed by atoms with Crippen molar-refractivity contribution in [1.29, 1.82) is 0 Å². The van der Waals surface area contributed by atoms with Crippen LogP contribution >= 0.6 is 0 Å². The Kier molecular flexibility index (Phi) is 4.16. The molecule has 0 spiro atoms. The van der Waals surface area contributed by atoms with Crippen LogP contribution in [0.15, 0.2) is 42.6 Å². The number of ether oxygens (including phenoxy) is 2. The first-order valence-corrected chi connectivity index (χ1v) is 8.60. The number of carbonyl (C=O) groups is 2. The van der Waals surface area contributed by atoms with Crippen LogP contribution in [0.5, 0.6) is 5.75 Å². The van der Waals surface area contributed by atoms with E-state index in [1.54, 1.807) is 32.2 Å². The van der Waals surface area contributed by atoms with Gasteiger partial charge in [0, 0.05) is 39.5 Å². The maximum absolute atomic E-state index is 12.5. The Morgan fingerprint density at radius 2 is 2.04 bits per heavy atom. The lowest BCUT2D eigenvalue weighted by atomic mass is 10.0. The molecule has 0 atom stereocenters. The van der Waals surface area contributed by atoms with Crippen LogP contribution in [0.4, 0.5) is 5.69 Å². The van der Waals surface area contributed by atoms with Crippen LogP contribution in [0.2, 0.25) is 0 Å². The fourth-order valence-corrected chi connectivity index (χ4v) is 3.20. The second-order valence-electron chi connectivity index (χ2n) is 6.15. The predicted octanol–water partition coefficient (Wildman–Crippen LogP) is 3.85. The third-order valence-corrected chi connectivity index (χ3v) is 4.53. The van der Waals surface area contributed by atoms with Gasteiger partial charge in [-0.25, -0.2) is 4.79 Å². The van der Waals surface area contributed by atoms with Gasteiger partial charge in [-0.15, -0.1) is 0 Å². The highest BCUT2D eigenvalue weighted by Crippen LogP contribution is 2.35. The zero-order chi connectivity index (χ0) is 19.0. The van der Waals surface area contributed by atoms with Crippen molar-refractivity contribution >= 4 is 40.1 Å². The average molecular weight is 362 g/mol. The number of aromatic nitrogens is 1. The number of hydrogen-bond donors (Lipinski definition) is 2. The SMILES string of the molecule is CCOC(=O)c1ccc2c(c1)/C(=C\c1c[nH]c3ccc(OC)cc13)C(=O)N2. The highest BCUT2D eigenvalue weighted by molar-refractivity contribution is 6.35. The standard InChI is InChI=1S/C21H18N2O4/c1-3-27-21(25)12-4-6-19-16(8-12)17(20(24)23-19)9-13-11-22-18-7-5-14(26-2)10-15(13)18/h4-11,22H,3H2,1-2H3,(H,23,24)/b17-9+. The van der Waals surface area contributed by atoms with Gasteiger partial charge in [0.25, 0.3) is 5.91 Å². The molecular formula is C21H18N2O4. The van der Waals surface area contributed by atoms with Crippen molar-refractivity contribution in [3.05, 3.63) is 59.3 Å². The van der Waals surface area contributed by atoms with Crippen molar-refractivity contribution in [2.24, 2.45) is 0 Å². The Labute approximate surface area is 155 Å². The molecule has 0 unspecified atom stereocenters. The first kappa shape index (κ1) is 16.9. The minimum Gasteiger partial charge on any atom is -0.497 e. The van der Waals surface area contributed by atoms with Crippen LogP contribution in [0.3, 0.4) is 0 Å². The molecule has 0 aliphatic carbocycles. The molecule has 27 heavy (non-hydrogen) atoms. The normalized spacial score (nSPS) is 14.3. The molecule has 2 N–H and O–H groups in total. The number of aromatic amines is 1. The van der Waals surface area contributed by atoms with E-state index < -0.39 is 5.97 Å². The van der Waals surface area contributed by atoms with Gasteiger partial charge in [0.1, 0.15) is 5.75 Å². The van der Waals surface area contributed by atoms with Gasteiger partial charge in [-0.3, -0.25) is 4.79 Å². The number of anilines is 1. The van der Waals surface area contributed by atoms with E-state index >= 15 is 0 Å². The number of carbonyl (C=O) groups excluding carboxylic acids is 2. The number of methoxy groups -OCH3 is 1. The van der Waals surface area contributed by atoms with E-state index in [1.807, 2.05) is 30.5 Å². The van der Waals surface area contributed by atoms with Gasteiger partial charge in [-0.05, 0) is 49.4 Å². The first-order chi connectivity index (χ1) is 13.1. The second kappa shape index (κ2) is 6.64. The summed E-state index contributed by atoms with van der Waals surface area (Å²) in [5.41, 5.74) is 4.09. The fourth-order valence-electron chi connectivity index (χ4n) is 3.20. The van der Waals surface area contributed by atoms with E-state index in [9.17, 15) is 9.59 Å². The molecule has 0 fully saturated rings. The van der Waals surface area contributed by atoms with Gasteiger partial charge < -0.3 is 19.8 Å². The molecular weight excluding hydrogens is 344 g/mol. The second-order valence-corrected chi connectivity index (χ2v) is 6.15.